The van der Waals surface area contributed by atoms with Gasteiger partial charge in [-0.15, -0.1) is 0 Å². The zero-order valence-electron chi connectivity index (χ0n) is 16.6. The average molecular weight is 365 g/mol. The topological polar surface area (TPSA) is 48.5 Å². The smallest absolute Gasteiger partial charge is 0.101 e. The SMILES string of the molecule is Cc1cc(C)cc(CN=C2CCCNCCCCNc3ccccc3N2)c1. The number of nitrogens with zero attached hydrogens (tertiary/aromatic N) is 1. The van der Waals surface area contributed by atoms with Gasteiger partial charge in [0, 0.05) is 13.0 Å². The van der Waals surface area contributed by atoms with Crippen LogP contribution in [0.3, 0.4) is 0 Å². The molecule has 0 saturated carbocycles. The third kappa shape index (κ3) is 6.40. The maximum Gasteiger partial charge on any atom is 0.101 e. The molecule has 0 bridgehead atoms. The fraction of sp³-hybridized carbons (Fsp3) is 0.435. The van der Waals surface area contributed by atoms with E-state index in [1.54, 1.807) is 0 Å². The van der Waals surface area contributed by atoms with Gasteiger partial charge in [0.2, 0.25) is 0 Å². The summed E-state index contributed by atoms with van der Waals surface area (Å²) in [5, 5.41) is 10.7. The van der Waals surface area contributed by atoms with Gasteiger partial charge in [0.1, 0.15) is 5.84 Å². The lowest BCUT2D eigenvalue weighted by Crippen LogP contribution is -2.19. The molecule has 27 heavy (non-hydrogen) atoms. The number of benzene rings is 2. The highest BCUT2D eigenvalue weighted by molar-refractivity contribution is 5.98. The fourth-order valence-corrected chi connectivity index (χ4v) is 3.53. The molecule has 2 aromatic carbocycles. The van der Waals surface area contributed by atoms with Crippen LogP contribution in [0.5, 0.6) is 0 Å². The summed E-state index contributed by atoms with van der Waals surface area (Å²) in [6.45, 7) is 8.14. The number of hydrogen-bond donors (Lipinski definition) is 3. The fourth-order valence-electron chi connectivity index (χ4n) is 3.53. The monoisotopic (exact) mass is 364 g/mol. The first-order chi connectivity index (χ1) is 13.2. The van der Waals surface area contributed by atoms with E-state index in [4.69, 9.17) is 4.99 Å². The van der Waals surface area contributed by atoms with Crippen LogP contribution in [0.15, 0.2) is 47.5 Å². The van der Waals surface area contributed by atoms with Gasteiger partial charge >= 0.3 is 0 Å². The molecule has 0 amide bonds. The largest absolute Gasteiger partial charge is 0.383 e. The molecule has 3 rings (SSSR count). The molecule has 2 aromatic rings. The lowest BCUT2D eigenvalue weighted by Gasteiger charge is -2.15. The molecule has 1 aliphatic heterocycles. The van der Waals surface area contributed by atoms with E-state index < -0.39 is 0 Å². The van der Waals surface area contributed by atoms with Crippen molar-refractivity contribution in [1.29, 1.82) is 0 Å². The molecule has 3 N–H and O–H groups in total. The summed E-state index contributed by atoms with van der Waals surface area (Å²) < 4.78 is 0. The standard InChI is InChI=1S/C23H32N4/c1-18-14-19(2)16-20(15-18)17-26-23-10-7-12-24-11-5-6-13-25-21-8-3-4-9-22(21)27-23/h3-4,8-9,14-16,24-25H,5-7,10-13,17H2,1-2H3,(H,26,27). The van der Waals surface area contributed by atoms with Crippen molar-refractivity contribution in [2.24, 2.45) is 4.99 Å². The molecule has 0 saturated heterocycles. The van der Waals surface area contributed by atoms with Gasteiger partial charge in [0.05, 0.1) is 17.9 Å². The van der Waals surface area contributed by atoms with Gasteiger partial charge in [-0.25, -0.2) is 0 Å². The molecule has 4 heteroatoms. The minimum absolute atomic E-state index is 0.716. The zero-order chi connectivity index (χ0) is 18.9. The highest BCUT2D eigenvalue weighted by Crippen LogP contribution is 2.22. The third-order valence-corrected chi connectivity index (χ3v) is 4.80. The molecule has 0 fully saturated rings. The first kappa shape index (κ1) is 19.4. The van der Waals surface area contributed by atoms with Crippen molar-refractivity contribution in [2.45, 2.75) is 46.1 Å². The van der Waals surface area contributed by atoms with Gasteiger partial charge in [-0.1, -0.05) is 41.5 Å². The van der Waals surface area contributed by atoms with E-state index in [1.807, 2.05) is 0 Å². The third-order valence-electron chi connectivity index (χ3n) is 4.80. The van der Waals surface area contributed by atoms with Gasteiger partial charge in [0.15, 0.2) is 0 Å². The minimum Gasteiger partial charge on any atom is -0.383 e. The van der Waals surface area contributed by atoms with Crippen LogP contribution < -0.4 is 16.0 Å². The van der Waals surface area contributed by atoms with E-state index >= 15 is 0 Å². The van der Waals surface area contributed by atoms with E-state index in [0.29, 0.717) is 6.54 Å². The highest BCUT2D eigenvalue weighted by Gasteiger charge is 2.07. The number of amidine groups is 1. The Bertz CT molecular complexity index is 746. The van der Waals surface area contributed by atoms with E-state index in [1.165, 1.54) is 29.5 Å². The number of fused-ring (bicyclic) bond motifs is 1. The predicted molar refractivity (Wildman–Crippen MR) is 117 cm³/mol. The summed E-state index contributed by atoms with van der Waals surface area (Å²) in [7, 11) is 0. The van der Waals surface area contributed by atoms with E-state index in [-0.39, 0.29) is 0 Å². The van der Waals surface area contributed by atoms with Gasteiger partial charge in [-0.05, 0) is 63.9 Å². The van der Waals surface area contributed by atoms with Crippen LogP contribution in [0, 0.1) is 13.8 Å². The van der Waals surface area contributed by atoms with E-state index in [0.717, 1.165) is 49.7 Å². The Balaban J connectivity index is 1.78. The van der Waals surface area contributed by atoms with Crippen molar-refractivity contribution in [3.63, 3.8) is 0 Å². The lowest BCUT2D eigenvalue weighted by atomic mass is 10.1. The van der Waals surface area contributed by atoms with Crippen LogP contribution in [-0.2, 0) is 6.54 Å². The Morgan fingerprint density at radius 3 is 2.37 bits per heavy atom. The second-order valence-corrected chi connectivity index (χ2v) is 7.42. The molecule has 1 aliphatic rings. The van der Waals surface area contributed by atoms with Crippen molar-refractivity contribution in [1.82, 2.24) is 5.32 Å². The Kier molecular flexibility index (Phi) is 7.28. The summed E-state index contributed by atoms with van der Waals surface area (Å²) in [5.41, 5.74) is 6.14. The quantitative estimate of drug-likeness (QED) is 0.711. The highest BCUT2D eigenvalue weighted by atomic mass is 15.0. The Morgan fingerprint density at radius 2 is 1.56 bits per heavy atom. The van der Waals surface area contributed by atoms with Crippen LogP contribution >= 0.6 is 0 Å². The molecule has 0 aliphatic carbocycles. The summed E-state index contributed by atoms with van der Waals surface area (Å²) in [5.74, 6) is 1.06. The normalized spacial score (nSPS) is 17.6. The Morgan fingerprint density at radius 1 is 0.852 bits per heavy atom. The van der Waals surface area contributed by atoms with Crippen LogP contribution in [0.2, 0.25) is 0 Å². The maximum atomic E-state index is 4.94. The zero-order valence-corrected chi connectivity index (χ0v) is 16.6. The maximum absolute atomic E-state index is 4.94. The van der Waals surface area contributed by atoms with E-state index in [9.17, 15) is 0 Å². The van der Waals surface area contributed by atoms with Crippen molar-refractivity contribution in [3.8, 4) is 0 Å². The number of aliphatic imine (C=N–C) groups is 1. The van der Waals surface area contributed by atoms with Crippen molar-refractivity contribution < 1.29 is 0 Å². The van der Waals surface area contributed by atoms with Gasteiger partial charge < -0.3 is 16.0 Å². The number of rotatable bonds is 2. The number of anilines is 2. The second kappa shape index (κ2) is 10.1. The molecule has 0 aromatic heterocycles. The predicted octanol–water partition coefficient (Wildman–Crippen LogP) is 4.89. The van der Waals surface area contributed by atoms with Gasteiger partial charge in [0.25, 0.3) is 0 Å². The molecule has 144 valence electrons. The van der Waals surface area contributed by atoms with Crippen LogP contribution in [0.25, 0.3) is 0 Å². The number of aryl methyl sites for hydroxylation is 2. The van der Waals surface area contributed by atoms with Gasteiger partial charge in [-0.2, -0.15) is 0 Å². The van der Waals surface area contributed by atoms with E-state index in [2.05, 4.69) is 72.3 Å². The molecule has 0 atom stereocenters. The van der Waals surface area contributed by atoms with Crippen molar-refractivity contribution in [2.75, 3.05) is 30.3 Å². The molecule has 4 nitrogen and oxygen atoms in total. The number of nitrogens with one attached hydrogen (secondary N) is 3. The average Bonchev–Trinajstić information content (AvgIpc) is 2.66. The first-order valence-electron chi connectivity index (χ1n) is 10.1. The van der Waals surface area contributed by atoms with Crippen molar-refractivity contribution in [3.05, 3.63) is 59.2 Å². The van der Waals surface area contributed by atoms with Crippen LogP contribution in [-0.4, -0.2) is 25.5 Å². The number of hydrogen-bond acceptors (Lipinski definition) is 3. The summed E-state index contributed by atoms with van der Waals surface area (Å²) in [4.78, 5) is 4.94. The summed E-state index contributed by atoms with van der Waals surface area (Å²) in [6.07, 6.45) is 4.42. The van der Waals surface area contributed by atoms with Crippen molar-refractivity contribution >= 4 is 17.2 Å². The molecule has 0 radical (unpaired) electrons. The minimum atomic E-state index is 0.716. The number of para-hydroxylation sites is 2. The molecule has 1 heterocycles. The van der Waals surface area contributed by atoms with Gasteiger partial charge in [-0.3, -0.25) is 4.99 Å². The Labute approximate surface area is 163 Å². The molecular weight excluding hydrogens is 332 g/mol. The van der Waals surface area contributed by atoms with Crippen LogP contribution in [0.1, 0.15) is 42.4 Å². The first-order valence-corrected chi connectivity index (χ1v) is 10.1. The summed E-state index contributed by atoms with van der Waals surface area (Å²) in [6, 6.07) is 15.1. The lowest BCUT2D eigenvalue weighted by molar-refractivity contribution is 0.618. The molecular formula is C23H32N4. The molecule has 0 unspecified atom stereocenters. The summed E-state index contributed by atoms with van der Waals surface area (Å²) >= 11 is 0. The van der Waals surface area contributed by atoms with Crippen LogP contribution in [0.4, 0.5) is 11.4 Å². The molecule has 0 spiro atoms. The Hall–Kier alpha value is -2.33. The second-order valence-electron chi connectivity index (χ2n) is 7.42.